The Balaban J connectivity index is 2.35. The summed E-state index contributed by atoms with van der Waals surface area (Å²) < 4.78 is 0. The summed E-state index contributed by atoms with van der Waals surface area (Å²) in [6.07, 6.45) is 2.78. The van der Waals surface area contributed by atoms with Crippen molar-refractivity contribution in [3.63, 3.8) is 0 Å². The molecule has 0 spiro atoms. The van der Waals surface area contributed by atoms with Crippen LogP contribution in [0.4, 0.5) is 0 Å². The second kappa shape index (κ2) is 3.11. The van der Waals surface area contributed by atoms with Crippen molar-refractivity contribution in [3.05, 3.63) is 35.0 Å². The number of nitrogens with one attached hydrogen (secondary N) is 1. The van der Waals surface area contributed by atoms with Crippen molar-refractivity contribution in [3.8, 4) is 0 Å². The molecular formula is C13H15NO. The van der Waals surface area contributed by atoms with Crippen LogP contribution in [0.3, 0.4) is 0 Å². The van der Waals surface area contributed by atoms with Gasteiger partial charge in [0.25, 0.3) is 0 Å². The minimum atomic E-state index is -0.291. The predicted molar refractivity (Wildman–Crippen MR) is 60.9 cm³/mol. The first-order chi connectivity index (χ1) is 7.27. The quantitative estimate of drug-likeness (QED) is 0.675. The van der Waals surface area contributed by atoms with E-state index in [9.17, 15) is 5.11 Å². The molecule has 1 heterocycles. The number of H-pyrrole nitrogens is 1. The zero-order chi connectivity index (χ0) is 10.4. The lowest BCUT2D eigenvalue weighted by Gasteiger charge is -2.17. The Hall–Kier alpha value is -1.28. The molecule has 1 aromatic carbocycles. The SMILES string of the molecule is Cc1cccc2c3c([nH]c12)C(O)CCC3. The molecule has 2 aromatic rings. The molecule has 3 rings (SSSR count). The van der Waals surface area contributed by atoms with Gasteiger partial charge in [-0.05, 0) is 37.3 Å². The molecule has 0 saturated carbocycles. The second-order valence-corrected chi connectivity index (χ2v) is 4.42. The van der Waals surface area contributed by atoms with Crippen LogP contribution >= 0.6 is 0 Å². The van der Waals surface area contributed by atoms with E-state index in [2.05, 4.69) is 30.1 Å². The molecule has 15 heavy (non-hydrogen) atoms. The van der Waals surface area contributed by atoms with Crippen LogP contribution in [0, 0.1) is 6.92 Å². The normalized spacial score (nSPS) is 20.5. The summed E-state index contributed by atoms with van der Waals surface area (Å²) in [5.74, 6) is 0. The van der Waals surface area contributed by atoms with Crippen molar-refractivity contribution in [2.75, 3.05) is 0 Å². The minimum Gasteiger partial charge on any atom is -0.387 e. The smallest absolute Gasteiger partial charge is 0.0941 e. The molecule has 0 saturated heterocycles. The molecule has 2 nitrogen and oxygen atoms in total. The monoisotopic (exact) mass is 201 g/mol. The number of aliphatic hydroxyl groups excluding tert-OH is 1. The number of para-hydroxylation sites is 1. The summed E-state index contributed by atoms with van der Waals surface area (Å²) in [4.78, 5) is 3.38. The zero-order valence-corrected chi connectivity index (χ0v) is 8.88. The number of aryl methyl sites for hydroxylation is 2. The van der Waals surface area contributed by atoms with E-state index in [1.54, 1.807) is 0 Å². The van der Waals surface area contributed by atoms with Gasteiger partial charge in [0, 0.05) is 16.6 Å². The molecule has 2 N–H and O–H groups in total. The van der Waals surface area contributed by atoms with Crippen molar-refractivity contribution < 1.29 is 5.11 Å². The molecule has 0 fully saturated rings. The van der Waals surface area contributed by atoms with Gasteiger partial charge in [-0.2, -0.15) is 0 Å². The maximum absolute atomic E-state index is 9.92. The van der Waals surface area contributed by atoms with E-state index in [0.29, 0.717) is 0 Å². The topological polar surface area (TPSA) is 36.0 Å². The summed E-state index contributed by atoms with van der Waals surface area (Å²) in [6, 6.07) is 6.35. The lowest BCUT2D eigenvalue weighted by atomic mass is 9.93. The maximum Gasteiger partial charge on any atom is 0.0941 e. The van der Waals surface area contributed by atoms with Gasteiger partial charge in [0.05, 0.1) is 6.10 Å². The average molecular weight is 201 g/mol. The van der Waals surface area contributed by atoms with Gasteiger partial charge in [-0.1, -0.05) is 18.2 Å². The van der Waals surface area contributed by atoms with E-state index in [1.807, 2.05) is 0 Å². The van der Waals surface area contributed by atoms with Gasteiger partial charge in [0.1, 0.15) is 0 Å². The standard InChI is InChI=1S/C13H15NO/c1-8-4-2-5-9-10-6-3-7-11(15)13(10)14-12(8)9/h2,4-5,11,14-15H,3,6-7H2,1H3. The number of hydrogen-bond acceptors (Lipinski definition) is 1. The Kier molecular flexibility index (Phi) is 1.86. The van der Waals surface area contributed by atoms with Gasteiger partial charge < -0.3 is 10.1 Å². The van der Waals surface area contributed by atoms with E-state index in [0.717, 1.165) is 25.0 Å². The fourth-order valence-electron chi connectivity index (χ4n) is 2.61. The Morgan fingerprint density at radius 1 is 1.40 bits per heavy atom. The number of aliphatic hydroxyl groups is 1. The fraction of sp³-hybridized carbons (Fsp3) is 0.385. The van der Waals surface area contributed by atoms with Gasteiger partial charge in [-0.15, -0.1) is 0 Å². The molecule has 1 aromatic heterocycles. The van der Waals surface area contributed by atoms with Gasteiger partial charge >= 0.3 is 0 Å². The maximum atomic E-state index is 9.92. The van der Waals surface area contributed by atoms with Crippen LogP contribution in [0.5, 0.6) is 0 Å². The molecule has 1 aliphatic carbocycles. The molecule has 1 unspecified atom stereocenters. The van der Waals surface area contributed by atoms with Gasteiger partial charge in [0.2, 0.25) is 0 Å². The minimum absolute atomic E-state index is 0.291. The van der Waals surface area contributed by atoms with Crippen molar-refractivity contribution in [2.24, 2.45) is 0 Å². The van der Waals surface area contributed by atoms with Gasteiger partial charge in [0.15, 0.2) is 0 Å². The Labute approximate surface area is 88.9 Å². The van der Waals surface area contributed by atoms with Crippen LogP contribution < -0.4 is 0 Å². The number of rotatable bonds is 0. The molecule has 2 heteroatoms. The molecule has 0 bridgehead atoms. The van der Waals surface area contributed by atoms with E-state index in [4.69, 9.17) is 0 Å². The zero-order valence-electron chi connectivity index (χ0n) is 8.88. The first-order valence-electron chi connectivity index (χ1n) is 5.55. The first-order valence-corrected chi connectivity index (χ1v) is 5.55. The van der Waals surface area contributed by atoms with Crippen LogP contribution in [0.25, 0.3) is 10.9 Å². The van der Waals surface area contributed by atoms with Crippen LogP contribution in [0.1, 0.15) is 35.8 Å². The third kappa shape index (κ3) is 1.21. The highest BCUT2D eigenvalue weighted by molar-refractivity contribution is 5.87. The first kappa shape index (κ1) is 8.98. The molecule has 0 amide bonds. The van der Waals surface area contributed by atoms with E-state index in [1.165, 1.54) is 22.0 Å². The van der Waals surface area contributed by atoms with Gasteiger partial charge in [-0.3, -0.25) is 0 Å². The van der Waals surface area contributed by atoms with Crippen molar-refractivity contribution in [1.29, 1.82) is 0 Å². The predicted octanol–water partition coefficient (Wildman–Crippen LogP) is 2.85. The highest BCUT2D eigenvalue weighted by Gasteiger charge is 2.22. The van der Waals surface area contributed by atoms with Crippen LogP contribution in [0.15, 0.2) is 18.2 Å². The highest BCUT2D eigenvalue weighted by atomic mass is 16.3. The third-order valence-electron chi connectivity index (χ3n) is 3.42. The van der Waals surface area contributed by atoms with Crippen molar-refractivity contribution in [1.82, 2.24) is 4.98 Å². The molecule has 0 aliphatic heterocycles. The van der Waals surface area contributed by atoms with E-state index in [-0.39, 0.29) is 6.10 Å². The summed E-state index contributed by atoms with van der Waals surface area (Å²) in [7, 11) is 0. The van der Waals surface area contributed by atoms with Crippen molar-refractivity contribution in [2.45, 2.75) is 32.3 Å². The third-order valence-corrected chi connectivity index (χ3v) is 3.42. The summed E-state index contributed by atoms with van der Waals surface area (Å²) in [5, 5.41) is 11.2. The van der Waals surface area contributed by atoms with Crippen LogP contribution in [0.2, 0.25) is 0 Å². The summed E-state index contributed by atoms with van der Waals surface area (Å²) in [5.41, 5.74) is 4.83. The largest absolute Gasteiger partial charge is 0.387 e. The molecule has 0 radical (unpaired) electrons. The van der Waals surface area contributed by atoms with Crippen molar-refractivity contribution >= 4 is 10.9 Å². The van der Waals surface area contributed by atoms with E-state index < -0.39 is 0 Å². The van der Waals surface area contributed by atoms with E-state index >= 15 is 0 Å². The summed E-state index contributed by atoms with van der Waals surface area (Å²) >= 11 is 0. The average Bonchev–Trinajstić information content (AvgIpc) is 2.60. The second-order valence-electron chi connectivity index (χ2n) is 4.42. The van der Waals surface area contributed by atoms with Crippen LogP contribution in [-0.4, -0.2) is 10.1 Å². The number of hydrogen-bond donors (Lipinski definition) is 2. The Morgan fingerprint density at radius 3 is 3.13 bits per heavy atom. The molecular weight excluding hydrogens is 186 g/mol. The fourth-order valence-corrected chi connectivity index (χ4v) is 2.61. The van der Waals surface area contributed by atoms with Crippen LogP contribution in [-0.2, 0) is 6.42 Å². The summed E-state index contributed by atoms with van der Waals surface area (Å²) in [6.45, 7) is 2.11. The number of fused-ring (bicyclic) bond motifs is 3. The lowest BCUT2D eigenvalue weighted by molar-refractivity contribution is 0.153. The number of aromatic nitrogens is 1. The number of aromatic amines is 1. The molecule has 78 valence electrons. The Morgan fingerprint density at radius 2 is 2.27 bits per heavy atom. The lowest BCUT2D eigenvalue weighted by Crippen LogP contribution is -2.07. The highest BCUT2D eigenvalue weighted by Crippen LogP contribution is 2.35. The Bertz CT molecular complexity index is 512. The molecule has 1 aliphatic rings. The van der Waals surface area contributed by atoms with Gasteiger partial charge in [-0.25, -0.2) is 0 Å². The number of benzene rings is 1. The molecule has 1 atom stereocenters.